The lowest BCUT2D eigenvalue weighted by Gasteiger charge is -2.03. The largest absolute Gasteiger partial charge is 0.425 e. The van der Waals surface area contributed by atoms with Crippen molar-refractivity contribution in [2.45, 2.75) is 19.8 Å². The van der Waals surface area contributed by atoms with E-state index in [9.17, 15) is 9.59 Å². The van der Waals surface area contributed by atoms with E-state index in [-0.39, 0.29) is 22.4 Å². The number of para-hydroxylation sites is 1. The van der Waals surface area contributed by atoms with E-state index in [1.54, 1.807) is 24.3 Å². The van der Waals surface area contributed by atoms with Crippen molar-refractivity contribution in [2.24, 2.45) is 0 Å². The second-order valence-electron chi connectivity index (χ2n) is 7.09. The van der Waals surface area contributed by atoms with Crippen LogP contribution in [0.4, 0.5) is 5.13 Å². The summed E-state index contributed by atoms with van der Waals surface area (Å²) >= 11 is 1.39. The third kappa shape index (κ3) is 3.00. The first-order valence-electron chi connectivity index (χ1n) is 9.17. The van der Waals surface area contributed by atoms with Crippen LogP contribution in [0.15, 0.2) is 62.2 Å². The van der Waals surface area contributed by atoms with Gasteiger partial charge in [-0.2, -0.15) is 0 Å². The van der Waals surface area contributed by atoms with Gasteiger partial charge in [-0.05, 0) is 35.7 Å². The van der Waals surface area contributed by atoms with Crippen LogP contribution in [-0.4, -0.2) is 10.9 Å². The van der Waals surface area contributed by atoms with Crippen LogP contribution in [0, 0.1) is 0 Å². The maximum Gasteiger partial charge on any atom is 0.302 e. The Morgan fingerprint density at radius 3 is 2.72 bits per heavy atom. The topological polar surface area (TPSA) is 85.3 Å². The summed E-state index contributed by atoms with van der Waals surface area (Å²) in [6, 6.07) is 14.4. The molecule has 0 aliphatic carbocycles. The number of hydrogen-bond acceptors (Lipinski definition) is 6. The number of fused-ring (bicyclic) bond motifs is 3. The summed E-state index contributed by atoms with van der Waals surface area (Å²) in [6.07, 6.45) is 0. The van der Waals surface area contributed by atoms with Crippen molar-refractivity contribution >= 4 is 54.7 Å². The molecule has 2 aromatic carbocycles. The van der Waals surface area contributed by atoms with E-state index in [0.29, 0.717) is 22.0 Å². The van der Waals surface area contributed by atoms with Gasteiger partial charge < -0.3 is 8.83 Å². The van der Waals surface area contributed by atoms with Crippen LogP contribution in [0.3, 0.4) is 0 Å². The van der Waals surface area contributed by atoms with Gasteiger partial charge in [0.15, 0.2) is 10.9 Å². The van der Waals surface area contributed by atoms with Gasteiger partial charge in [-0.1, -0.05) is 43.4 Å². The highest BCUT2D eigenvalue weighted by Crippen LogP contribution is 2.30. The monoisotopic (exact) mass is 404 g/mol. The molecule has 5 rings (SSSR count). The molecule has 6 nitrogen and oxygen atoms in total. The number of aromatic nitrogens is 1. The Balaban J connectivity index is 1.50. The van der Waals surface area contributed by atoms with E-state index < -0.39 is 5.91 Å². The summed E-state index contributed by atoms with van der Waals surface area (Å²) in [5.41, 5.74) is 2.22. The average molecular weight is 404 g/mol. The zero-order chi connectivity index (χ0) is 20.1. The number of furan rings is 1. The van der Waals surface area contributed by atoms with Crippen LogP contribution < -0.4 is 10.7 Å². The van der Waals surface area contributed by atoms with Crippen molar-refractivity contribution in [1.82, 2.24) is 4.98 Å². The van der Waals surface area contributed by atoms with E-state index in [1.807, 2.05) is 12.1 Å². The number of carbonyl (C=O) groups excluding carboxylic acids is 1. The minimum absolute atomic E-state index is 0.00159. The van der Waals surface area contributed by atoms with Crippen molar-refractivity contribution in [3.05, 3.63) is 70.1 Å². The Labute approximate surface area is 168 Å². The highest BCUT2D eigenvalue weighted by molar-refractivity contribution is 7.22. The number of rotatable bonds is 3. The lowest BCUT2D eigenvalue weighted by atomic mass is 10.0. The van der Waals surface area contributed by atoms with Crippen LogP contribution in [0.1, 0.15) is 35.9 Å². The number of benzene rings is 2. The number of hydrogen-bond donors (Lipinski definition) is 1. The molecule has 3 aromatic heterocycles. The second-order valence-corrected chi connectivity index (χ2v) is 8.12. The van der Waals surface area contributed by atoms with Crippen molar-refractivity contribution in [1.29, 1.82) is 0 Å². The molecule has 0 bridgehead atoms. The van der Waals surface area contributed by atoms with E-state index >= 15 is 0 Å². The van der Waals surface area contributed by atoms with Gasteiger partial charge in [0.25, 0.3) is 5.91 Å². The molecule has 1 amide bonds. The van der Waals surface area contributed by atoms with E-state index in [4.69, 9.17) is 8.83 Å². The summed E-state index contributed by atoms with van der Waals surface area (Å²) < 4.78 is 12.1. The molecule has 3 heterocycles. The van der Waals surface area contributed by atoms with Crippen molar-refractivity contribution in [3.8, 4) is 0 Å². The van der Waals surface area contributed by atoms with Crippen LogP contribution >= 0.6 is 11.3 Å². The van der Waals surface area contributed by atoms with Gasteiger partial charge in [0.05, 0.1) is 15.6 Å². The molecule has 5 aromatic rings. The molecule has 0 spiro atoms. The van der Waals surface area contributed by atoms with Gasteiger partial charge in [-0.25, -0.2) is 4.98 Å². The number of amides is 1. The number of nitrogens with one attached hydrogen (secondary N) is 1. The van der Waals surface area contributed by atoms with Crippen molar-refractivity contribution in [3.63, 3.8) is 0 Å². The normalized spacial score (nSPS) is 11.7. The molecule has 0 radical (unpaired) electrons. The van der Waals surface area contributed by atoms with Crippen molar-refractivity contribution in [2.75, 3.05) is 5.32 Å². The van der Waals surface area contributed by atoms with Crippen LogP contribution in [0.2, 0.25) is 0 Å². The summed E-state index contributed by atoms with van der Waals surface area (Å²) in [5, 5.41) is 3.90. The fourth-order valence-electron chi connectivity index (χ4n) is 3.22. The molecule has 0 unspecified atom stereocenters. The predicted octanol–water partition coefficient (Wildman–Crippen LogP) is 5.52. The number of nitrogens with zero attached hydrogens (tertiary/aromatic N) is 1. The maximum absolute atomic E-state index is 12.7. The molecule has 0 saturated carbocycles. The fraction of sp³-hybridized carbons (Fsp3) is 0.136. The maximum atomic E-state index is 12.7. The Kier molecular flexibility index (Phi) is 3.99. The van der Waals surface area contributed by atoms with Gasteiger partial charge in [-0.15, -0.1) is 0 Å². The molecule has 144 valence electrons. The predicted molar refractivity (Wildman–Crippen MR) is 114 cm³/mol. The van der Waals surface area contributed by atoms with Gasteiger partial charge in [-0.3, -0.25) is 14.9 Å². The zero-order valence-corrected chi connectivity index (χ0v) is 16.5. The molecule has 0 atom stereocenters. The molecule has 29 heavy (non-hydrogen) atoms. The molecular weight excluding hydrogens is 388 g/mol. The average Bonchev–Trinajstić information content (AvgIpc) is 3.31. The number of thiazole rings is 1. The standard InChI is InChI=1S/C22H16N2O4S/c1-11(2)12-7-8-15-18(9-12)29-22(23-15)24-20(26)17-10-14-19(25)13-5-3-4-6-16(13)27-21(14)28-17/h3-11H,1-2H3,(H,23,24,26). The highest BCUT2D eigenvalue weighted by Gasteiger charge is 2.19. The molecule has 0 saturated heterocycles. The highest BCUT2D eigenvalue weighted by atomic mass is 32.1. The third-order valence-corrected chi connectivity index (χ3v) is 5.73. The Bertz CT molecular complexity index is 1460. The first-order chi connectivity index (χ1) is 14.0. The van der Waals surface area contributed by atoms with Gasteiger partial charge in [0.1, 0.15) is 11.0 Å². The Morgan fingerprint density at radius 1 is 1.07 bits per heavy atom. The summed E-state index contributed by atoms with van der Waals surface area (Å²) in [4.78, 5) is 29.7. The number of anilines is 1. The Morgan fingerprint density at radius 2 is 1.90 bits per heavy atom. The quantitative estimate of drug-likeness (QED) is 0.428. The van der Waals surface area contributed by atoms with Crippen molar-refractivity contribution < 1.29 is 13.6 Å². The minimum atomic E-state index is -0.483. The van der Waals surface area contributed by atoms with Gasteiger partial charge >= 0.3 is 5.78 Å². The molecule has 0 aliphatic rings. The van der Waals surface area contributed by atoms with E-state index in [1.165, 1.54) is 23.0 Å². The van der Waals surface area contributed by atoms with Gasteiger partial charge in [0.2, 0.25) is 5.43 Å². The third-order valence-electron chi connectivity index (χ3n) is 4.80. The van der Waals surface area contributed by atoms with Crippen LogP contribution in [-0.2, 0) is 0 Å². The van der Waals surface area contributed by atoms with E-state index in [0.717, 1.165) is 10.2 Å². The van der Waals surface area contributed by atoms with Crippen LogP contribution in [0.25, 0.3) is 32.4 Å². The second kappa shape index (κ2) is 6.56. The Hall–Kier alpha value is -3.45. The van der Waals surface area contributed by atoms with Gasteiger partial charge in [0, 0.05) is 6.07 Å². The smallest absolute Gasteiger partial charge is 0.302 e. The van der Waals surface area contributed by atoms with Crippen LogP contribution in [0.5, 0.6) is 0 Å². The van der Waals surface area contributed by atoms with E-state index in [2.05, 4.69) is 30.2 Å². The molecule has 1 N–H and O–H groups in total. The SMILES string of the molecule is CC(C)c1ccc2nc(NC(=O)c3cc4c(=O)c5ccccc5oc4o3)sc2c1. The lowest BCUT2D eigenvalue weighted by molar-refractivity contribution is 0.0997. The molecule has 0 aliphatic heterocycles. The molecular formula is C22H16N2O4S. The number of carbonyl (C=O) groups is 1. The first-order valence-corrected chi connectivity index (χ1v) is 9.98. The first kappa shape index (κ1) is 17.6. The summed E-state index contributed by atoms with van der Waals surface area (Å²) in [7, 11) is 0. The minimum Gasteiger partial charge on any atom is -0.425 e. The summed E-state index contributed by atoms with van der Waals surface area (Å²) in [6.45, 7) is 4.26. The molecule has 0 fully saturated rings. The summed E-state index contributed by atoms with van der Waals surface area (Å²) in [5.74, 6) is -0.0401. The molecule has 7 heteroatoms. The lowest BCUT2D eigenvalue weighted by Crippen LogP contribution is -2.10. The zero-order valence-electron chi connectivity index (χ0n) is 15.7. The fourth-order valence-corrected chi connectivity index (χ4v) is 4.13.